The first-order valence-electron chi connectivity index (χ1n) is 7.23. The SMILES string of the molecule is C=CCNC(=O)c1ccnc(C(=O)Nc2ccc3c(c2)OCO3)c1. The zero-order chi connectivity index (χ0) is 16.9. The molecule has 0 bridgehead atoms. The molecule has 0 saturated carbocycles. The van der Waals surface area contributed by atoms with E-state index in [0.717, 1.165) is 0 Å². The van der Waals surface area contributed by atoms with Crippen LogP contribution in [0.5, 0.6) is 11.5 Å². The second-order valence-electron chi connectivity index (χ2n) is 4.95. The molecule has 7 nitrogen and oxygen atoms in total. The molecule has 2 amide bonds. The van der Waals surface area contributed by atoms with Gasteiger partial charge in [-0.25, -0.2) is 0 Å². The summed E-state index contributed by atoms with van der Waals surface area (Å²) in [5.41, 5.74) is 1.04. The molecular weight excluding hydrogens is 310 g/mol. The maximum absolute atomic E-state index is 12.3. The summed E-state index contributed by atoms with van der Waals surface area (Å²) in [6, 6.07) is 8.05. The molecule has 0 saturated heterocycles. The normalized spacial score (nSPS) is 11.7. The first kappa shape index (κ1) is 15.5. The number of aromatic nitrogens is 1. The Kier molecular flexibility index (Phi) is 4.42. The number of carbonyl (C=O) groups is 2. The third-order valence-electron chi connectivity index (χ3n) is 3.29. The molecule has 2 N–H and O–H groups in total. The molecule has 0 spiro atoms. The van der Waals surface area contributed by atoms with E-state index in [2.05, 4.69) is 22.2 Å². The molecule has 1 aliphatic heterocycles. The van der Waals surface area contributed by atoms with Crippen LogP contribution in [0.2, 0.25) is 0 Å². The molecule has 0 radical (unpaired) electrons. The fourth-order valence-electron chi connectivity index (χ4n) is 2.13. The third kappa shape index (κ3) is 3.35. The number of fused-ring (bicyclic) bond motifs is 1. The van der Waals surface area contributed by atoms with E-state index in [1.54, 1.807) is 24.3 Å². The summed E-state index contributed by atoms with van der Waals surface area (Å²) in [6.45, 7) is 4.04. The van der Waals surface area contributed by atoms with Crippen LogP contribution in [0.25, 0.3) is 0 Å². The van der Waals surface area contributed by atoms with E-state index in [1.165, 1.54) is 18.3 Å². The van der Waals surface area contributed by atoms with Crippen LogP contribution in [0.1, 0.15) is 20.8 Å². The average Bonchev–Trinajstić information content (AvgIpc) is 3.07. The molecule has 2 aromatic rings. The van der Waals surface area contributed by atoms with Gasteiger partial charge in [0, 0.05) is 30.1 Å². The standard InChI is InChI=1S/C17H15N3O4/c1-2-6-19-16(21)11-5-7-18-13(8-11)17(22)20-12-3-4-14-15(9-12)24-10-23-14/h2-5,7-9H,1,6,10H2,(H,19,21)(H,20,22). The highest BCUT2D eigenvalue weighted by Crippen LogP contribution is 2.34. The summed E-state index contributed by atoms with van der Waals surface area (Å²) >= 11 is 0. The van der Waals surface area contributed by atoms with E-state index in [1.807, 2.05) is 0 Å². The number of benzene rings is 1. The van der Waals surface area contributed by atoms with Crippen LogP contribution in [0.3, 0.4) is 0 Å². The number of hydrogen-bond acceptors (Lipinski definition) is 5. The van der Waals surface area contributed by atoms with Crippen LogP contribution in [0, 0.1) is 0 Å². The maximum Gasteiger partial charge on any atom is 0.274 e. The van der Waals surface area contributed by atoms with Gasteiger partial charge in [0.25, 0.3) is 11.8 Å². The molecule has 2 heterocycles. The molecule has 0 aliphatic carbocycles. The topological polar surface area (TPSA) is 89.6 Å². The van der Waals surface area contributed by atoms with Crippen molar-refractivity contribution in [3.8, 4) is 11.5 Å². The minimum absolute atomic E-state index is 0.138. The van der Waals surface area contributed by atoms with Crippen molar-refractivity contribution in [2.24, 2.45) is 0 Å². The molecule has 24 heavy (non-hydrogen) atoms. The Morgan fingerprint density at radius 3 is 2.83 bits per heavy atom. The van der Waals surface area contributed by atoms with Crippen LogP contribution >= 0.6 is 0 Å². The van der Waals surface area contributed by atoms with Gasteiger partial charge in [0.05, 0.1) is 0 Å². The predicted octanol–water partition coefficient (Wildman–Crippen LogP) is 1.98. The average molecular weight is 325 g/mol. The number of anilines is 1. The lowest BCUT2D eigenvalue weighted by molar-refractivity contribution is 0.0958. The van der Waals surface area contributed by atoms with Gasteiger partial charge in [0.15, 0.2) is 11.5 Å². The van der Waals surface area contributed by atoms with E-state index in [4.69, 9.17) is 9.47 Å². The summed E-state index contributed by atoms with van der Waals surface area (Å²) < 4.78 is 10.5. The third-order valence-corrected chi connectivity index (χ3v) is 3.29. The molecule has 1 aromatic heterocycles. The highest BCUT2D eigenvalue weighted by atomic mass is 16.7. The van der Waals surface area contributed by atoms with Gasteiger partial charge in [-0.05, 0) is 24.3 Å². The smallest absolute Gasteiger partial charge is 0.274 e. The summed E-state index contributed by atoms with van der Waals surface area (Å²) in [5, 5.41) is 5.36. The first-order valence-corrected chi connectivity index (χ1v) is 7.23. The molecule has 122 valence electrons. The fourth-order valence-corrected chi connectivity index (χ4v) is 2.13. The number of amides is 2. The Bertz CT molecular complexity index is 804. The predicted molar refractivity (Wildman–Crippen MR) is 87.3 cm³/mol. The summed E-state index contributed by atoms with van der Waals surface area (Å²) in [7, 11) is 0. The lowest BCUT2D eigenvalue weighted by Gasteiger charge is -2.07. The van der Waals surface area contributed by atoms with Crippen molar-refractivity contribution in [2.45, 2.75) is 0 Å². The van der Waals surface area contributed by atoms with Crippen LogP contribution in [-0.4, -0.2) is 30.1 Å². The van der Waals surface area contributed by atoms with Gasteiger partial charge in [-0.1, -0.05) is 6.08 Å². The van der Waals surface area contributed by atoms with Gasteiger partial charge < -0.3 is 20.1 Å². The van der Waals surface area contributed by atoms with Crippen molar-refractivity contribution in [1.82, 2.24) is 10.3 Å². The number of carbonyl (C=O) groups excluding carboxylic acids is 2. The Balaban J connectivity index is 1.73. The Hall–Kier alpha value is -3.35. The van der Waals surface area contributed by atoms with Crippen molar-refractivity contribution >= 4 is 17.5 Å². The molecule has 0 unspecified atom stereocenters. The number of ether oxygens (including phenoxy) is 2. The monoisotopic (exact) mass is 325 g/mol. The number of nitrogens with one attached hydrogen (secondary N) is 2. The van der Waals surface area contributed by atoms with Crippen molar-refractivity contribution in [3.05, 3.63) is 60.4 Å². The number of nitrogens with zero attached hydrogens (tertiary/aromatic N) is 1. The highest BCUT2D eigenvalue weighted by Gasteiger charge is 2.16. The van der Waals surface area contributed by atoms with E-state index in [9.17, 15) is 9.59 Å². The largest absolute Gasteiger partial charge is 0.454 e. The van der Waals surface area contributed by atoms with Crippen LogP contribution < -0.4 is 20.1 Å². The molecule has 7 heteroatoms. The van der Waals surface area contributed by atoms with Gasteiger partial charge in [-0.15, -0.1) is 6.58 Å². The van der Waals surface area contributed by atoms with Crippen molar-refractivity contribution in [2.75, 3.05) is 18.7 Å². The van der Waals surface area contributed by atoms with Gasteiger partial charge in [-0.2, -0.15) is 0 Å². The first-order chi connectivity index (χ1) is 11.7. The Labute approximate surface area is 138 Å². The minimum Gasteiger partial charge on any atom is -0.454 e. The molecule has 3 rings (SSSR count). The second-order valence-corrected chi connectivity index (χ2v) is 4.95. The van der Waals surface area contributed by atoms with Crippen molar-refractivity contribution in [1.29, 1.82) is 0 Å². The molecule has 0 atom stereocenters. The van der Waals surface area contributed by atoms with Gasteiger partial charge in [-0.3, -0.25) is 14.6 Å². The van der Waals surface area contributed by atoms with Gasteiger partial charge in [0.1, 0.15) is 5.69 Å². The number of hydrogen-bond donors (Lipinski definition) is 2. The number of rotatable bonds is 5. The molecule has 1 aromatic carbocycles. The quantitative estimate of drug-likeness (QED) is 0.821. The second kappa shape index (κ2) is 6.82. The Morgan fingerprint density at radius 2 is 2.00 bits per heavy atom. The van der Waals surface area contributed by atoms with Gasteiger partial charge >= 0.3 is 0 Å². The zero-order valence-corrected chi connectivity index (χ0v) is 12.7. The van der Waals surface area contributed by atoms with Crippen molar-refractivity contribution in [3.63, 3.8) is 0 Å². The van der Waals surface area contributed by atoms with Crippen LogP contribution in [-0.2, 0) is 0 Å². The molecular formula is C17H15N3O4. The lowest BCUT2D eigenvalue weighted by Crippen LogP contribution is -2.24. The fraction of sp³-hybridized carbons (Fsp3) is 0.118. The van der Waals surface area contributed by atoms with Crippen LogP contribution in [0.4, 0.5) is 5.69 Å². The van der Waals surface area contributed by atoms with Crippen LogP contribution in [0.15, 0.2) is 49.2 Å². The zero-order valence-electron chi connectivity index (χ0n) is 12.7. The minimum atomic E-state index is -0.424. The van der Waals surface area contributed by atoms with Gasteiger partial charge in [0.2, 0.25) is 6.79 Å². The Morgan fingerprint density at radius 1 is 1.17 bits per heavy atom. The van der Waals surface area contributed by atoms with E-state index in [0.29, 0.717) is 29.3 Å². The highest BCUT2D eigenvalue weighted by molar-refractivity contribution is 6.04. The van der Waals surface area contributed by atoms with Crippen molar-refractivity contribution < 1.29 is 19.1 Å². The number of pyridine rings is 1. The maximum atomic E-state index is 12.3. The van der Waals surface area contributed by atoms with E-state index >= 15 is 0 Å². The van der Waals surface area contributed by atoms with E-state index < -0.39 is 5.91 Å². The van der Waals surface area contributed by atoms with E-state index in [-0.39, 0.29) is 18.4 Å². The summed E-state index contributed by atoms with van der Waals surface area (Å²) in [5.74, 6) is 0.479. The summed E-state index contributed by atoms with van der Waals surface area (Å²) in [4.78, 5) is 28.2. The molecule has 1 aliphatic rings. The molecule has 0 fully saturated rings. The lowest BCUT2D eigenvalue weighted by atomic mass is 10.2. The summed E-state index contributed by atoms with van der Waals surface area (Å²) in [6.07, 6.45) is 2.99.